The SMILES string of the molecule is ClCC1CCC(CCl)N(Cc2ccccc2)C1. The largest absolute Gasteiger partial charge is 0.295 e. The smallest absolute Gasteiger partial charge is 0.0379 e. The molecule has 0 spiro atoms. The maximum atomic E-state index is 6.06. The fraction of sp³-hybridized carbons (Fsp3) is 0.571. The minimum atomic E-state index is 0.510. The number of likely N-dealkylation sites (tertiary alicyclic amines) is 1. The van der Waals surface area contributed by atoms with Gasteiger partial charge in [-0.25, -0.2) is 0 Å². The number of nitrogens with zero attached hydrogens (tertiary/aromatic N) is 1. The van der Waals surface area contributed by atoms with Gasteiger partial charge < -0.3 is 0 Å². The summed E-state index contributed by atoms with van der Waals surface area (Å²) in [5, 5.41) is 0. The van der Waals surface area contributed by atoms with Crippen molar-refractivity contribution in [2.75, 3.05) is 18.3 Å². The van der Waals surface area contributed by atoms with E-state index in [1.165, 1.54) is 18.4 Å². The van der Waals surface area contributed by atoms with Crippen molar-refractivity contribution in [1.29, 1.82) is 0 Å². The second kappa shape index (κ2) is 6.63. The van der Waals surface area contributed by atoms with E-state index in [9.17, 15) is 0 Å². The van der Waals surface area contributed by atoms with E-state index in [4.69, 9.17) is 23.2 Å². The predicted molar refractivity (Wildman–Crippen MR) is 74.8 cm³/mol. The van der Waals surface area contributed by atoms with Crippen LogP contribution in [0.4, 0.5) is 0 Å². The van der Waals surface area contributed by atoms with Gasteiger partial charge in [-0.05, 0) is 24.3 Å². The number of alkyl halides is 2. The van der Waals surface area contributed by atoms with Gasteiger partial charge in [-0.3, -0.25) is 4.90 Å². The molecule has 1 saturated heterocycles. The summed E-state index contributed by atoms with van der Waals surface area (Å²) in [5.41, 5.74) is 1.36. The zero-order valence-electron chi connectivity index (χ0n) is 9.99. The fourth-order valence-electron chi connectivity index (χ4n) is 2.49. The molecule has 0 aliphatic carbocycles. The van der Waals surface area contributed by atoms with Gasteiger partial charge in [0.05, 0.1) is 0 Å². The van der Waals surface area contributed by atoms with E-state index in [0.29, 0.717) is 12.0 Å². The molecule has 0 N–H and O–H groups in total. The topological polar surface area (TPSA) is 3.24 Å². The maximum Gasteiger partial charge on any atom is 0.0379 e. The molecule has 0 radical (unpaired) electrons. The van der Waals surface area contributed by atoms with E-state index < -0.39 is 0 Å². The highest BCUT2D eigenvalue weighted by molar-refractivity contribution is 6.18. The average Bonchev–Trinajstić information content (AvgIpc) is 2.40. The van der Waals surface area contributed by atoms with Crippen LogP contribution in [-0.2, 0) is 6.54 Å². The quantitative estimate of drug-likeness (QED) is 0.755. The van der Waals surface area contributed by atoms with Crippen LogP contribution in [-0.4, -0.2) is 29.2 Å². The Morgan fingerprint density at radius 1 is 1.06 bits per heavy atom. The lowest BCUT2D eigenvalue weighted by Gasteiger charge is -2.38. The third kappa shape index (κ3) is 3.61. The summed E-state index contributed by atoms with van der Waals surface area (Å²) < 4.78 is 0. The molecular weight excluding hydrogens is 253 g/mol. The van der Waals surface area contributed by atoms with E-state index in [2.05, 4.69) is 35.2 Å². The van der Waals surface area contributed by atoms with E-state index in [1.54, 1.807) is 0 Å². The molecule has 0 bridgehead atoms. The summed E-state index contributed by atoms with van der Waals surface area (Å²) >= 11 is 12.0. The average molecular weight is 272 g/mol. The van der Waals surface area contributed by atoms with Gasteiger partial charge in [0.25, 0.3) is 0 Å². The van der Waals surface area contributed by atoms with Gasteiger partial charge in [0.1, 0.15) is 0 Å². The van der Waals surface area contributed by atoms with Crippen LogP contribution in [0.2, 0.25) is 0 Å². The normalized spacial score (nSPS) is 26.0. The first-order chi connectivity index (χ1) is 8.33. The lowest BCUT2D eigenvalue weighted by molar-refractivity contribution is 0.120. The van der Waals surface area contributed by atoms with Gasteiger partial charge in [0, 0.05) is 30.9 Å². The molecule has 2 unspecified atom stereocenters. The molecule has 17 heavy (non-hydrogen) atoms. The standard InChI is InChI=1S/C14H19Cl2N/c15-8-13-6-7-14(9-16)17(11-13)10-12-4-2-1-3-5-12/h1-5,13-14H,6-11H2. The Kier molecular flexibility index (Phi) is 5.15. The fourth-order valence-corrected chi connectivity index (χ4v) is 3.10. The molecule has 1 aliphatic rings. The van der Waals surface area contributed by atoms with Gasteiger partial charge in [0.2, 0.25) is 0 Å². The van der Waals surface area contributed by atoms with E-state index in [0.717, 1.165) is 24.8 Å². The van der Waals surface area contributed by atoms with E-state index in [1.807, 2.05) is 0 Å². The molecule has 3 heteroatoms. The van der Waals surface area contributed by atoms with Crippen LogP contribution >= 0.6 is 23.2 Å². The van der Waals surface area contributed by atoms with Crippen molar-refractivity contribution in [3.05, 3.63) is 35.9 Å². The van der Waals surface area contributed by atoms with Crippen LogP contribution in [0.15, 0.2) is 30.3 Å². The monoisotopic (exact) mass is 271 g/mol. The van der Waals surface area contributed by atoms with Crippen molar-refractivity contribution in [1.82, 2.24) is 4.90 Å². The summed E-state index contributed by atoms with van der Waals surface area (Å²) in [7, 11) is 0. The molecule has 94 valence electrons. The molecule has 2 rings (SSSR count). The highest BCUT2D eigenvalue weighted by atomic mass is 35.5. The first-order valence-electron chi connectivity index (χ1n) is 6.23. The Morgan fingerprint density at radius 2 is 1.82 bits per heavy atom. The molecule has 0 amide bonds. The van der Waals surface area contributed by atoms with Crippen molar-refractivity contribution in [3.8, 4) is 0 Å². The molecule has 1 aliphatic heterocycles. The highest BCUT2D eigenvalue weighted by Crippen LogP contribution is 2.25. The molecule has 1 nitrogen and oxygen atoms in total. The van der Waals surface area contributed by atoms with Gasteiger partial charge in [-0.2, -0.15) is 0 Å². The molecule has 0 aromatic heterocycles. The zero-order valence-corrected chi connectivity index (χ0v) is 11.5. The Balaban J connectivity index is 2.00. The summed E-state index contributed by atoms with van der Waals surface area (Å²) in [5.74, 6) is 2.11. The molecule has 1 aromatic rings. The molecule has 1 fully saturated rings. The van der Waals surface area contributed by atoms with Crippen LogP contribution in [0.5, 0.6) is 0 Å². The minimum absolute atomic E-state index is 0.510. The van der Waals surface area contributed by atoms with E-state index in [-0.39, 0.29) is 0 Å². The maximum absolute atomic E-state index is 6.06. The van der Waals surface area contributed by atoms with Crippen LogP contribution in [0.3, 0.4) is 0 Å². The van der Waals surface area contributed by atoms with Crippen molar-refractivity contribution in [2.24, 2.45) is 5.92 Å². The summed E-state index contributed by atoms with van der Waals surface area (Å²) in [6.45, 7) is 2.07. The number of hydrogen-bond donors (Lipinski definition) is 0. The van der Waals surface area contributed by atoms with Crippen molar-refractivity contribution < 1.29 is 0 Å². The third-order valence-corrected chi connectivity index (χ3v) is 4.33. The number of hydrogen-bond acceptors (Lipinski definition) is 1. The lowest BCUT2D eigenvalue weighted by Crippen LogP contribution is -2.44. The van der Waals surface area contributed by atoms with E-state index >= 15 is 0 Å². The molecule has 2 atom stereocenters. The van der Waals surface area contributed by atoms with Gasteiger partial charge in [-0.15, -0.1) is 23.2 Å². The number of halogens is 2. The number of piperidine rings is 1. The zero-order chi connectivity index (χ0) is 12.1. The van der Waals surface area contributed by atoms with Gasteiger partial charge in [0.15, 0.2) is 0 Å². The van der Waals surface area contributed by atoms with Crippen LogP contribution < -0.4 is 0 Å². The van der Waals surface area contributed by atoms with Crippen molar-refractivity contribution in [3.63, 3.8) is 0 Å². The molecule has 1 heterocycles. The van der Waals surface area contributed by atoms with Crippen molar-refractivity contribution >= 4 is 23.2 Å². The summed E-state index contributed by atoms with van der Waals surface area (Å²) in [6, 6.07) is 11.1. The Bertz CT molecular complexity index is 328. The van der Waals surface area contributed by atoms with Crippen LogP contribution in [0, 0.1) is 5.92 Å². The van der Waals surface area contributed by atoms with Gasteiger partial charge in [-0.1, -0.05) is 30.3 Å². The van der Waals surface area contributed by atoms with Gasteiger partial charge >= 0.3 is 0 Å². The second-order valence-corrected chi connectivity index (χ2v) is 5.44. The van der Waals surface area contributed by atoms with Crippen LogP contribution in [0.25, 0.3) is 0 Å². The molecular formula is C14H19Cl2N. The Morgan fingerprint density at radius 3 is 2.47 bits per heavy atom. The molecule has 1 aromatic carbocycles. The molecule has 0 saturated carbocycles. The lowest BCUT2D eigenvalue weighted by atomic mass is 9.94. The first kappa shape index (κ1) is 13.2. The van der Waals surface area contributed by atoms with Crippen molar-refractivity contribution in [2.45, 2.75) is 25.4 Å². The first-order valence-corrected chi connectivity index (χ1v) is 7.30. The number of benzene rings is 1. The second-order valence-electron chi connectivity index (χ2n) is 4.82. The summed E-state index contributed by atoms with van der Waals surface area (Å²) in [4.78, 5) is 2.48. The summed E-state index contributed by atoms with van der Waals surface area (Å²) in [6.07, 6.45) is 2.39. The number of rotatable bonds is 4. The minimum Gasteiger partial charge on any atom is -0.295 e. The predicted octanol–water partition coefficient (Wildman–Crippen LogP) is 3.74. The Labute approximate surface area is 114 Å². The van der Waals surface area contributed by atoms with Crippen LogP contribution in [0.1, 0.15) is 18.4 Å². The third-order valence-electron chi connectivity index (χ3n) is 3.54. The highest BCUT2D eigenvalue weighted by Gasteiger charge is 2.27. The Hall–Kier alpha value is -0.240.